The molecular weight excluding hydrogens is 393 g/mol. The van der Waals surface area contributed by atoms with E-state index in [9.17, 15) is 14.0 Å². The zero-order valence-corrected chi connectivity index (χ0v) is 17.8. The van der Waals surface area contributed by atoms with Gasteiger partial charge in [0.25, 0.3) is 5.91 Å². The lowest BCUT2D eigenvalue weighted by molar-refractivity contribution is -0.133. The summed E-state index contributed by atoms with van der Waals surface area (Å²) in [6.45, 7) is 5.16. The molecule has 31 heavy (non-hydrogen) atoms. The van der Waals surface area contributed by atoms with Crippen molar-refractivity contribution in [2.24, 2.45) is 5.73 Å². The lowest BCUT2D eigenvalue weighted by Gasteiger charge is -2.34. The molecule has 0 spiro atoms. The van der Waals surface area contributed by atoms with Gasteiger partial charge in [-0.2, -0.15) is 0 Å². The Kier molecular flexibility index (Phi) is 5.72. The number of halogens is 1. The summed E-state index contributed by atoms with van der Waals surface area (Å²) >= 11 is 0. The van der Waals surface area contributed by atoms with Crippen LogP contribution in [-0.4, -0.2) is 34.8 Å². The molecule has 0 saturated carbocycles. The van der Waals surface area contributed by atoms with E-state index < -0.39 is 5.91 Å². The maximum absolute atomic E-state index is 13.6. The summed E-state index contributed by atoms with van der Waals surface area (Å²) in [7, 11) is 0. The number of amides is 2. The van der Waals surface area contributed by atoms with Gasteiger partial charge in [-0.1, -0.05) is 29.8 Å². The van der Waals surface area contributed by atoms with Crippen molar-refractivity contribution >= 4 is 22.7 Å². The molecular formula is C25H26FN3O2. The van der Waals surface area contributed by atoms with Crippen LogP contribution in [0.4, 0.5) is 4.39 Å². The normalized spacial score (nSPS) is 15.8. The molecule has 2 aromatic carbocycles. The molecule has 4 rings (SSSR count). The van der Waals surface area contributed by atoms with Gasteiger partial charge in [0.05, 0.1) is 22.7 Å². The lowest BCUT2D eigenvalue weighted by atomic mass is 9.88. The van der Waals surface area contributed by atoms with E-state index in [2.05, 4.69) is 4.98 Å². The highest BCUT2D eigenvalue weighted by Crippen LogP contribution is 2.32. The van der Waals surface area contributed by atoms with Crippen LogP contribution >= 0.6 is 0 Å². The first kappa shape index (κ1) is 21.0. The van der Waals surface area contributed by atoms with Gasteiger partial charge in [-0.15, -0.1) is 0 Å². The first-order chi connectivity index (χ1) is 14.8. The van der Waals surface area contributed by atoms with E-state index in [1.54, 1.807) is 12.1 Å². The Hall–Kier alpha value is -3.28. The third-order valence-corrected chi connectivity index (χ3v) is 6.21. The van der Waals surface area contributed by atoms with Gasteiger partial charge in [-0.25, -0.2) is 4.39 Å². The molecule has 1 aliphatic heterocycles. The van der Waals surface area contributed by atoms with Crippen LogP contribution < -0.4 is 5.73 Å². The molecule has 2 heterocycles. The van der Waals surface area contributed by atoms with Gasteiger partial charge >= 0.3 is 0 Å². The van der Waals surface area contributed by atoms with Crippen LogP contribution in [0, 0.1) is 12.7 Å². The van der Waals surface area contributed by atoms with Crippen molar-refractivity contribution in [3.05, 3.63) is 76.7 Å². The number of pyridine rings is 1. The summed E-state index contributed by atoms with van der Waals surface area (Å²) in [5.74, 6) is -1.02. The van der Waals surface area contributed by atoms with Crippen LogP contribution in [0.2, 0.25) is 0 Å². The largest absolute Gasteiger partial charge is 0.366 e. The molecule has 2 N–H and O–H groups in total. The van der Waals surface area contributed by atoms with E-state index in [1.807, 2.05) is 43.0 Å². The first-order valence-electron chi connectivity index (χ1n) is 10.6. The molecule has 0 bridgehead atoms. The predicted molar refractivity (Wildman–Crippen MR) is 118 cm³/mol. The second-order valence-corrected chi connectivity index (χ2v) is 8.35. The molecule has 1 aromatic heterocycles. The molecule has 160 valence electrons. The molecule has 5 nitrogen and oxygen atoms in total. The average molecular weight is 420 g/mol. The number of rotatable bonds is 4. The quantitative estimate of drug-likeness (QED) is 0.685. The second kappa shape index (κ2) is 8.46. The van der Waals surface area contributed by atoms with Crippen molar-refractivity contribution in [1.82, 2.24) is 9.88 Å². The van der Waals surface area contributed by atoms with E-state index in [4.69, 9.17) is 5.73 Å². The van der Waals surface area contributed by atoms with Crippen LogP contribution in [-0.2, 0) is 4.79 Å². The third-order valence-electron chi connectivity index (χ3n) is 6.21. The number of carbonyl (C=O) groups excluding carboxylic acids is 2. The zero-order chi connectivity index (χ0) is 22.1. The molecule has 1 unspecified atom stereocenters. The molecule has 1 saturated heterocycles. The Balaban J connectivity index is 1.51. The summed E-state index contributed by atoms with van der Waals surface area (Å²) in [6.07, 6.45) is 1.40. The summed E-state index contributed by atoms with van der Waals surface area (Å²) < 4.78 is 13.6. The maximum atomic E-state index is 13.6. The summed E-state index contributed by atoms with van der Waals surface area (Å²) in [5, 5.41) is 0.553. The number of hydrogen-bond donors (Lipinski definition) is 1. The summed E-state index contributed by atoms with van der Waals surface area (Å²) in [6, 6.07) is 14.0. The number of aromatic nitrogens is 1. The van der Waals surface area contributed by atoms with Crippen LogP contribution in [0.15, 0.2) is 48.5 Å². The Labute approximate surface area is 181 Å². The number of fused-ring (bicyclic) bond motifs is 1. The topological polar surface area (TPSA) is 76.3 Å². The fourth-order valence-corrected chi connectivity index (χ4v) is 4.32. The van der Waals surface area contributed by atoms with Gasteiger partial charge in [0.1, 0.15) is 5.82 Å². The highest BCUT2D eigenvalue weighted by atomic mass is 19.1. The lowest BCUT2D eigenvalue weighted by Crippen LogP contribution is -2.40. The van der Waals surface area contributed by atoms with Gasteiger partial charge in [-0.3, -0.25) is 14.6 Å². The average Bonchev–Trinajstić information content (AvgIpc) is 2.77. The number of hydrogen-bond acceptors (Lipinski definition) is 3. The molecule has 0 radical (unpaired) electrons. The second-order valence-electron chi connectivity index (χ2n) is 8.35. The Bertz CT molecular complexity index is 1140. The molecule has 1 aliphatic rings. The number of nitrogens with zero attached hydrogens (tertiary/aromatic N) is 2. The molecule has 0 aliphatic carbocycles. The van der Waals surface area contributed by atoms with Crippen molar-refractivity contribution in [2.45, 2.75) is 38.5 Å². The van der Waals surface area contributed by atoms with Gasteiger partial charge in [-0.05, 0) is 56.5 Å². The minimum Gasteiger partial charge on any atom is -0.366 e. The van der Waals surface area contributed by atoms with E-state index in [0.29, 0.717) is 48.1 Å². The van der Waals surface area contributed by atoms with Crippen LogP contribution in [0.1, 0.15) is 58.8 Å². The molecule has 6 heteroatoms. The maximum Gasteiger partial charge on any atom is 0.250 e. The van der Waals surface area contributed by atoms with Gasteiger partial charge in [0.2, 0.25) is 5.91 Å². The number of aryl methyl sites for hydroxylation is 1. The van der Waals surface area contributed by atoms with Crippen molar-refractivity contribution in [1.29, 1.82) is 0 Å². The van der Waals surface area contributed by atoms with E-state index in [0.717, 1.165) is 5.56 Å². The Morgan fingerprint density at radius 2 is 1.77 bits per heavy atom. The fourth-order valence-electron chi connectivity index (χ4n) is 4.32. The highest BCUT2D eigenvalue weighted by molar-refractivity contribution is 5.97. The molecule has 1 fully saturated rings. The number of piperidine rings is 1. The van der Waals surface area contributed by atoms with Gasteiger partial charge < -0.3 is 10.6 Å². The molecule has 1 atom stereocenters. The molecule has 2 amide bonds. The van der Waals surface area contributed by atoms with Crippen molar-refractivity contribution in [2.75, 3.05) is 13.1 Å². The minimum absolute atomic E-state index is 0.0238. The third kappa shape index (κ3) is 4.29. The predicted octanol–water partition coefficient (Wildman–Crippen LogP) is 4.29. The van der Waals surface area contributed by atoms with Crippen LogP contribution in [0.3, 0.4) is 0 Å². The number of benzene rings is 2. The van der Waals surface area contributed by atoms with E-state index in [1.165, 1.54) is 17.7 Å². The fraction of sp³-hybridized carbons (Fsp3) is 0.320. The zero-order valence-electron chi connectivity index (χ0n) is 17.8. The van der Waals surface area contributed by atoms with Crippen molar-refractivity contribution in [3.8, 4) is 0 Å². The van der Waals surface area contributed by atoms with Gasteiger partial charge in [0, 0.05) is 24.4 Å². The first-order valence-corrected chi connectivity index (χ1v) is 10.6. The standard InChI is InChI=1S/C25H26FN3O2/c1-15-3-5-17(6-4-15)16(2)25(31)29-11-9-18(10-12-29)23-21(24(27)30)14-19-13-20(26)7-8-22(19)28-23/h3-8,13-14,16,18H,9-12H2,1-2H3,(H2,27,30). The minimum atomic E-state index is -0.569. The van der Waals surface area contributed by atoms with Crippen LogP contribution in [0.25, 0.3) is 10.9 Å². The number of carbonyl (C=O) groups is 2. The van der Waals surface area contributed by atoms with E-state index >= 15 is 0 Å². The van der Waals surface area contributed by atoms with Gasteiger partial charge in [0.15, 0.2) is 0 Å². The Morgan fingerprint density at radius 3 is 2.42 bits per heavy atom. The van der Waals surface area contributed by atoms with Crippen molar-refractivity contribution < 1.29 is 14.0 Å². The Morgan fingerprint density at radius 1 is 1.10 bits per heavy atom. The SMILES string of the molecule is Cc1ccc(C(C)C(=O)N2CCC(c3nc4ccc(F)cc4cc3C(N)=O)CC2)cc1. The number of likely N-dealkylation sites (tertiary alicyclic amines) is 1. The smallest absolute Gasteiger partial charge is 0.250 e. The van der Waals surface area contributed by atoms with Crippen LogP contribution in [0.5, 0.6) is 0 Å². The van der Waals surface area contributed by atoms with Crippen molar-refractivity contribution in [3.63, 3.8) is 0 Å². The monoisotopic (exact) mass is 419 g/mol. The number of primary amides is 1. The number of nitrogens with two attached hydrogens (primary N) is 1. The highest BCUT2D eigenvalue weighted by Gasteiger charge is 2.30. The van der Waals surface area contributed by atoms with E-state index in [-0.39, 0.29) is 23.6 Å². The summed E-state index contributed by atoms with van der Waals surface area (Å²) in [4.78, 5) is 31.6. The molecule has 3 aromatic rings. The summed E-state index contributed by atoms with van der Waals surface area (Å²) in [5.41, 5.74) is 9.39.